The lowest BCUT2D eigenvalue weighted by Crippen LogP contribution is -2.48. The summed E-state index contributed by atoms with van der Waals surface area (Å²) in [6.07, 6.45) is 2.59. The fraction of sp³-hybridized carbons (Fsp3) is 0.516. The first kappa shape index (κ1) is 27.0. The Balaban J connectivity index is 1.24. The van der Waals surface area contributed by atoms with Crippen LogP contribution < -0.4 is 5.32 Å². The van der Waals surface area contributed by atoms with Crippen LogP contribution in [0, 0.1) is 11.8 Å². The number of carboxylic acid groups (broad SMARTS) is 1. The Hall–Kier alpha value is -3.55. The highest BCUT2D eigenvalue weighted by molar-refractivity contribution is 5.79. The molecule has 8 nitrogen and oxygen atoms in total. The van der Waals surface area contributed by atoms with E-state index in [4.69, 9.17) is 9.47 Å². The summed E-state index contributed by atoms with van der Waals surface area (Å²) in [5.41, 5.74) is 4.08. The summed E-state index contributed by atoms with van der Waals surface area (Å²) in [6, 6.07) is 16.4. The number of benzene rings is 2. The summed E-state index contributed by atoms with van der Waals surface area (Å²) < 4.78 is 11.4. The maximum Gasteiger partial charge on any atom is 0.410 e. The summed E-state index contributed by atoms with van der Waals surface area (Å²) in [4.78, 5) is 39.0. The van der Waals surface area contributed by atoms with Crippen LogP contribution in [0.4, 0.5) is 9.59 Å². The lowest BCUT2D eigenvalue weighted by Gasteiger charge is -2.37. The van der Waals surface area contributed by atoms with Crippen LogP contribution in [-0.2, 0) is 14.3 Å². The minimum absolute atomic E-state index is 0.0202. The van der Waals surface area contributed by atoms with Crippen molar-refractivity contribution in [2.45, 2.75) is 76.5 Å². The van der Waals surface area contributed by atoms with Gasteiger partial charge in [-0.25, -0.2) is 9.59 Å². The van der Waals surface area contributed by atoms with Crippen LogP contribution in [0.2, 0.25) is 0 Å². The van der Waals surface area contributed by atoms with E-state index < -0.39 is 29.7 Å². The molecule has 3 aliphatic carbocycles. The first-order valence-electron chi connectivity index (χ1n) is 13.9. The summed E-state index contributed by atoms with van der Waals surface area (Å²) in [5.74, 6) is -1.30. The van der Waals surface area contributed by atoms with Crippen molar-refractivity contribution in [2.24, 2.45) is 11.8 Å². The maximum absolute atomic E-state index is 13.5. The molecule has 2 amide bonds. The lowest BCUT2D eigenvalue weighted by molar-refractivity contribution is -0.138. The number of hydrogen-bond acceptors (Lipinski definition) is 5. The molecule has 0 spiro atoms. The SMILES string of the molecule is CC(C)(C)OC(=O)NC1CCC(N(C[C@H]2C[C@H]2C(=O)O)C(=O)OCC2c3ccccc3-c3ccccc32)CC1. The molecular weight excluding hydrogens is 496 g/mol. The second-order valence-electron chi connectivity index (χ2n) is 12.0. The van der Waals surface area contributed by atoms with Crippen molar-refractivity contribution in [3.63, 3.8) is 0 Å². The zero-order valence-corrected chi connectivity index (χ0v) is 22.9. The third kappa shape index (κ3) is 6.21. The predicted molar refractivity (Wildman–Crippen MR) is 146 cm³/mol. The van der Waals surface area contributed by atoms with Crippen LogP contribution in [0.1, 0.15) is 69.9 Å². The van der Waals surface area contributed by atoms with Gasteiger partial charge in [0.1, 0.15) is 12.2 Å². The average Bonchev–Trinajstić information content (AvgIpc) is 3.60. The number of fused-ring (bicyclic) bond motifs is 3. The summed E-state index contributed by atoms with van der Waals surface area (Å²) in [6.45, 7) is 6.10. The van der Waals surface area contributed by atoms with Gasteiger partial charge in [-0.05, 0) is 81.0 Å². The topological polar surface area (TPSA) is 105 Å². The molecule has 0 heterocycles. The normalized spacial score (nSPS) is 23.8. The van der Waals surface area contributed by atoms with E-state index in [0.29, 0.717) is 38.6 Å². The molecule has 2 aromatic carbocycles. The van der Waals surface area contributed by atoms with Gasteiger partial charge in [0.05, 0.1) is 5.92 Å². The third-order valence-electron chi connectivity index (χ3n) is 8.10. The van der Waals surface area contributed by atoms with Crippen LogP contribution >= 0.6 is 0 Å². The third-order valence-corrected chi connectivity index (χ3v) is 8.10. The molecule has 0 bridgehead atoms. The van der Waals surface area contributed by atoms with Gasteiger partial charge < -0.3 is 24.8 Å². The van der Waals surface area contributed by atoms with Gasteiger partial charge in [0.25, 0.3) is 0 Å². The Bertz CT molecular complexity index is 1180. The van der Waals surface area contributed by atoms with Gasteiger partial charge in [0.15, 0.2) is 0 Å². The second kappa shape index (κ2) is 10.9. The maximum atomic E-state index is 13.5. The molecule has 2 aromatic rings. The van der Waals surface area contributed by atoms with Crippen molar-refractivity contribution >= 4 is 18.2 Å². The van der Waals surface area contributed by atoms with Gasteiger partial charge in [0.2, 0.25) is 0 Å². The van der Waals surface area contributed by atoms with Crippen LogP contribution in [0.5, 0.6) is 0 Å². The number of rotatable bonds is 7. The van der Waals surface area contributed by atoms with Crippen molar-refractivity contribution in [3.05, 3.63) is 59.7 Å². The van der Waals surface area contributed by atoms with Crippen LogP contribution in [0.25, 0.3) is 11.1 Å². The average molecular weight is 535 g/mol. The molecule has 2 N–H and O–H groups in total. The van der Waals surface area contributed by atoms with Gasteiger partial charge in [-0.3, -0.25) is 4.79 Å². The Morgan fingerprint density at radius 1 is 0.949 bits per heavy atom. The van der Waals surface area contributed by atoms with E-state index >= 15 is 0 Å². The Morgan fingerprint density at radius 3 is 2.08 bits per heavy atom. The highest BCUT2D eigenvalue weighted by Crippen LogP contribution is 2.45. The van der Waals surface area contributed by atoms with Crippen LogP contribution in [0.3, 0.4) is 0 Å². The molecule has 0 unspecified atom stereocenters. The minimum Gasteiger partial charge on any atom is -0.481 e. The molecular formula is C31H38N2O6. The zero-order chi connectivity index (χ0) is 27.7. The van der Waals surface area contributed by atoms with E-state index in [1.165, 1.54) is 11.1 Å². The van der Waals surface area contributed by atoms with E-state index in [0.717, 1.165) is 11.1 Å². The first-order chi connectivity index (χ1) is 18.6. The Kier molecular flexibility index (Phi) is 7.56. The molecule has 208 valence electrons. The number of nitrogens with zero attached hydrogens (tertiary/aromatic N) is 1. The van der Waals surface area contributed by atoms with E-state index in [1.54, 1.807) is 4.90 Å². The molecule has 39 heavy (non-hydrogen) atoms. The largest absolute Gasteiger partial charge is 0.481 e. The fourth-order valence-corrected chi connectivity index (χ4v) is 6.06. The van der Waals surface area contributed by atoms with Crippen molar-refractivity contribution in [1.29, 1.82) is 0 Å². The smallest absolute Gasteiger partial charge is 0.410 e. The number of hydrogen-bond donors (Lipinski definition) is 2. The minimum atomic E-state index is -0.808. The van der Waals surface area contributed by atoms with Gasteiger partial charge in [-0.2, -0.15) is 0 Å². The molecule has 2 fully saturated rings. The van der Waals surface area contributed by atoms with Gasteiger partial charge >= 0.3 is 18.2 Å². The van der Waals surface area contributed by atoms with Crippen molar-refractivity contribution in [2.75, 3.05) is 13.2 Å². The van der Waals surface area contributed by atoms with E-state index in [9.17, 15) is 19.5 Å². The van der Waals surface area contributed by atoms with E-state index in [-0.39, 0.29) is 30.5 Å². The highest BCUT2D eigenvalue weighted by atomic mass is 16.6. The van der Waals surface area contributed by atoms with Gasteiger partial charge in [-0.1, -0.05) is 48.5 Å². The molecule has 0 saturated heterocycles. The molecule has 2 saturated carbocycles. The molecule has 2 atom stereocenters. The summed E-state index contributed by atoms with van der Waals surface area (Å²) >= 11 is 0. The van der Waals surface area contributed by atoms with Gasteiger partial charge in [-0.15, -0.1) is 0 Å². The van der Waals surface area contributed by atoms with E-state index in [1.807, 2.05) is 45.0 Å². The quantitative estimate of drug-likeness (QED) is 0.466. The number of carboxylic acids is 1. The molecule has 0 radical (unpaired) electrons. The summed E-state index contributed by atoms with van der Waals surface area (Å²) in [7, 11) is 0. The fourth-order valence-electron chi connectivity index (χ4n) is 6.06. The number of amides is 2. The number of ether oxygens (including phenoxy) is 2. The molecule has 3 aliphatic rings. The standard InChI is InChI=1S/C31H38N2O6/c1-31(2,3)39-29(36)32-20-12-14-21(15-13-20)33(17-19-16-26(19)28(34)35)30(37)38-18-27-24-10-6-4-8-22(24)23-9-5-7-11-25(23)27/h4-11,19-21,26-27H,12-18H2,1-3H3,(H,32,36)(H,34,35)/t19-,20?,21?,26-/m1/s1. The van der Waals surface area contributed by atoms with Crippen molar-refractivity contribution in [3.8, 4) is 11.1 Å². The number of carbonyl (C=O) groups is 3. The van der Waals surface area contributed by atoms with Crippen molar-refractivity contribution < 1.29 is 29.0 Å². The first-order valence-corrected chi connectivity index (χ1v) is 13.9. The van der Waals surface area contributed by atoms with Gasteiger partial charge in [0, 0.05) is 24.5 Å². The Morgan fingerprint density at radius 2 is 1.54 bits per heavy atom. The number of nitrogens with one attached hydrogen (secondary N) is 1. The second-order valence-corrected chi connectivity index (χ2v) is 12.0. The number of aliphatic carboxylic acids is 1. The van der Waals surface area contributed by atoms with Crippen LogP contribution in [0.15, 0.2) is 48.5 Å². The molecule has 0 aromatic heterocycles. The Labute approximate surface area is 229 Å². The van der Waals surface area contributed by atoms with E-state index in [2.05, 4.69) is 29.6 Å². The zero-order valence-electron chi connectivity index (χ0n) is 22.9. The monoisotopic (exact) mass is 534 g/mol. The summed E-state index contributed by atoms with van der Waals surface area (Å²) in [5, 5.41) is 12.4. The highest BCUT2D eigenvalue weighted by Gasteiger charge is 2.46. The number of alkyl carbamates (subject to hydrolysis) is 1. The predicted octanol–water partition coefficient (Wildman–Crippen LogP) is 5.79. The lowest BCUT2D eigenvalue weighted by atomic mass is 9.90. The molecule has 5 rings (SSSR count). The van der Waals surface area contributed by atoms with Crippen LogP contribution in [-0.4, -0.2) is 59.0 Å². The van der Waals surface area contributed by atoms with Crippen molar-refractivity contribution in [1.82, 2.24) is 10.2 Å². The number of carbonyl (C=O) groups excluding carboxylic acids is 2. The molecule has 0 aliphatic heterocycles. The molecule has 8 heteroatoms.